The summed E-state index contributed by atoms with van der Waals surface area (Å²) >= 11 is 0. The van der Waals surface area contributed by atoms with Crippen LogP contribution in [0.2, 0.25) is 0 Å². The summed E-state index contributed by atoms with van der Waals surface area (Å²) in [5.74, 6) is 0. The third-order valence-corrected chi connectivity index (χ3v) is 2.30. The summed E-state index contributed by atoms with van der Waals surface area (Å²) < 4.78 is 25.7. The van der Waals surface area contributed by atoms with E-state index in [4.69, 9.17) is 0 Å². The smallest absolute Gasteiger partial charge is 0.293 e. The van der Waals surface area contributed by atoms with Gasteiger partial charge in [0.2, 0.25) is 0 Å². The van der Waals surface area contributed by atoms with Crippen LogP contribution < -0.4 is 0 Å². The molecule has 0 N–H and O–H groups in total. The summed E-state index contributed by atoms with van der Waals surface area (Å²) in [6.45, 7) is -0.533. The second-order valence-corrected chi connectivity index (χ2v) is 3.33. The second-order valence-electron chi connectivity index (χ2n) is 3.33. The van der Waals surface area contributed by atoms with E-state index in [0.29, 0.717) is 5.39 Å². The van der Waals surface area contributed by atoms with E-state index < -0.39 is 17.9 Å². The lowest BCUT2D eigenvalue weighted by Gasteiger charge is -2.04. The third kappa shape index (κ3) is 1.73. The predicted octanol–water partition coefficient (Wildman–Crippen LogP) is 2.81. The van der Waals surface area contributed by atoms with Crippen LogP contribution in [-0.4, -0.2) is 15.9 Å². The van der Waals surface area contributed by atoms with Crippen LogP contribution in [0.5, 0.6) is 0 Å². The molecule has 0 fully saturated rings. The van der Waals surface area contributed by atoms with E-state index in [1.54, 1.807) is 12.1 Å². The van der Waals surface area contributed by atoms with Gasteiger partial charge in [-0.25, -0.2) is 8.78 Å². The van der Waals surface area contributed by atoms with Crippen molar-refractivity contribution in [2.45, 2.75) is 13.0 Å². The molecule has 6 heteroatoms. The van der Waals surface area contributed by atoms with Gasteiger partial charge in [-0.1, -0.05) is 12.1 Å². The van der Waals surface area contributed by atoms with E-state index in [0.717, 1.165) is 0 Å². The van der Waals surface area contributed by atoms with Crippen molar-refractivity contribution in [1.29, 1.82) is 0 Å². The summed E-state index contributed by atoms with van der Waals surface area (Å²) in [6.07, 6.45) is -1.10. The van der Waals surface area contributed by atoms with Gasteiger partial charge in [0.25, 0.3) is 12.1 Å². The molecule has 2 rings (SSSR count). The van der Waals surface area contributed by atoms with Crippen LogP contribution in [0.3, 0.4) is 0 Å². The monoisotopic (exact) mass is 226 g/mol. The second kappa shape index (κ2) is 3.88. The van der Waals surface area contributed by atoms with Gasteiger partial charge in [0.15, 0.2) is 0 Å². The van der Waals surface area contributed by atoms with Gasteiger partial charge < -0.3 is 4.57 Å². The first kappa shape index (κ1) is 10.5. The van der Waals surface area contributed by atoms with Crippen molar-refractivity contribution in [3.8, 4) is 0 Å². The maximum atomic E-state index is 12.3. The van der Waals surface area contributed by atoms with Gasteiger partial charge in [0.05, 0.1) is 11.5 Å². The molecular formula is C10H8F2N2O2. The zero-order valence-corrected chi connectivity index (χ0v) is 8.14. The summed E-state index contributed by atoms with van der Waals surface area (Å²) in [5, 5.41) is 11.3. The molecule has 1 aromatic carbocycles. The number of hydrogen-bond acceptors (Lipinski definition) is 2. The average molecular weight is 226 g/mol. The summed E-state index contributed by atoms with van der Waals surface area (Å²) in [4.78, 5) is 10.2. The summed E-state index contributed by atoms with van der Waals surface area (Å²) in [7, 11) is 0. The lowest BCUT2D eigenvalue weighted by Crippen LogP contribution is -2.06. The Hall–Kier alpha value is -1.98. The normalized spacial score (nSPS) is 11.2. The maximum absolute atomic E-state index is 12.3. The average Bonchev–Trinajstić information content (AvgIpc) is 2.60. The van der Waals surface area contributed by atoms with Crippen molar-refractivity contribution in [2.75, 3.05) is 0 Å². The van der Waals surface area contributed by atoms with Crippen molar-refractivity contribution in [3.05, 3.63) is 40.6 Å². The molecule has 1 heterocycles. The fraction of sp³-hybridized carbons (Fsp3) is 0.200. The Labute approximate surface area is 89.2 Å². The Morgan fingerprint density at radius 1 is 1.38 bits per heavy atom. The molecule has 0 amide bonds. The van der Waals surface area contributed by atoms with Crippen LogP contribution in [-0.2, 0) is 6.54 Å². The van der Waals surface area contributed by atoms with Crippen molar-refractivity contribution in [3.63, 3.8) is 0 Å². The number of rotatable bonds is 3. The van der Waals surface area contributed by atoms with Crippen LogP contribution in [0.25, 0.3) is 10.9 Å². The SMILES string of the molecule is O=[N+]([O-])c1cccc2ccn(CC(F)F)c12. The van der Waals surface area contributed by atoms with Gasteiger partial charge in [-0.2, -0.15) is 0 Å². The molecule has 4 nitrogen and oxygen atoms in total. The van der Waals surface area contributed by atoms with Crippen molar-refractivity contribution < 1.29 is 13.7 Å². The number of hydrogen-bond donors (Lipinski definition) is 0. The highest BCUT2D eigenvalue weighted by molar-refractivity contribution is 5.88. The predicted molar refractivity (Wildman–Crippen MR) is 54.6 cm³/mol. The topological polar surface area (TPSA) is 48.1 Å². The minimum absolute atomic E-state index is 0.150. The molecule has 0 aliphatic rings. The number of nitro groups is 1. The van der Waals surface area contributed by atoms with Gasteiger partial charge in [0, 0.05) is 17.6 Å². The van der Waals surface area contributed by atoms with Crippen LogP contribution in [0.15, 0.2) is 30.5 Å². The first-order valence-corrected chi connectivity index (χ1v) is 4.60. The maximum Gasteiger partial charge on any atom is 0.293 e. The molecule has 0 saturated heterocycles. The number of nitrogens with zero attached hydrogens (tertiary/aromatic N) is 2. The number of halogens is 2. The summed E-state index contributed by atoms with van der Waals surface area (Å²) in [5.41, 5.74) is 0.0935. The zero-order valence-electron chi connectivity index (χ0n) is 8.14. The lowest BCUT2D eigenvalue weighted by atomic mass is 10.2. The van der Waals surface area contributed by atoms with E-state index in [-0.39, 0.29) is 11.2 Å². The quantitative estimate of drug-likeness (QED) is 0.596. The minimum atomic E-state index is -2.53. The molecule has 0 aliphatic carbocycles. The van der Waals surface area contributed by atoms with E-state index >= 15 is 0 Å². The van der Waals surface area contributed by atoms with Crippen LogP contribution in [0, 0.1) is 10.1 Å². The fourth-order valence-corrected chi connectivity index (χ4v) is 1.69. The number of benzene rings is 1. The number of alkyl halides is 2. The number of aromatic nitrogens is 1. The molecule has 0 radical (unpaired) electrons. The first-order valence-electron chi connectivity index (χ1n) is 4.60. The van der Waals surface area contributed by atoms with Gasteiger partial charge in [0.1, 0.15) is 5.52 Å². The van der Waals surface area contributed by atoms with Crippen LogP contribution >= 0.6 is 0 Å². The molecule has 0 bridgehead atoms. The van der Waals surface area contributed by atoms with E-state index in [1.165, 1.54) is 22.9 Å². The molecule has 0 spiro atoms. The van der Waals surface area contributed by atoms with Crippen molar-refractivity contribution >= 4 is 16.6 Å². The van der Waals surface area contributed by atoms with E-state index in [1.807, 2.05) is 0 Å². The molecule has 0 saturated carbocycles. The Kier molecular flexibility index (Phi) is 2.55. The molecule has 16 heavy (non-hydrogen) atoms. The molecule has 2 aromatic rings. The molecule has 1 aromatic heterocycles. The van der Waals surface area contributed by atoms with Crippen LogP contribution in [0.1, 0.15) is 0 Å². The standard InChI is InChI=1S/C10H8F2N2O2/c11-9(12)6-13-5-4-7-2-1-3-8(10(7)13)14(15)16/h1-5,9H,6H2. The number of nitro benzene ring substituents is 1. The Morgan fingerprint density at radius 3 is 2.75 bits per heavy atom. The van der Waals surface area contributed by atoms with Gasteiger partial charge in [-0.3, -0.25) is 10.1 Å². The third-order valence-electron chi connectivity index (χ3n) is 2.30. The highest BCUT2D eigenvalue weighted by Gasteiger charge is 2.16. The zero-order chi connectivity index (χ0) is 11.7. The largest absolute Gasteiger partial charge is 0.336 e. The molecular weight excluding hydrogens is 218 g/mol. The van der Waals surface area contributed by atoms with Crippen molar-refractivity contribution in [2.24, 2.45) is 0 Å². The first-order chi connectivity index (χ1) is 7.59. The Balaban J connectivity index is 2.63. The number of para-hydroxylation sites is 1. The van der Waals surface area contributed by atoms with Crippen molar-refractivity contribution in [1.82, 2.24) is 4.57 Å². The highest BCUT2D eigenvalue weighted by atomic mass is 19.3. The van der Waals surface area contributed by atoms with E-state index in [9.17, 15) is 18.9 Å². The van der Waals surface area contributed by atoms with E-state index in [2.05, 4.69) is 0 Å². The molecule has 0 atom stereocenters. The van der Waals surface area contributed by atoms with Gasteiger partial charge in [-0.15, -0.1) is 0 Å². The van der Waals surface area contributed by atoms with Gasteiger partial charge >= 0.3 is 0 Å². The minimum Gasteiger partial charge on any atom is -0.336 e. The lowest BCUT2D eigenvalue weighted by molar-refractivity contribution is -0.383. The number of fused-ring (bicyclic) bond motifs is 1. The van der Waals surface area contributed by atoms with Crippen LogP contribution in [0.4, 0.5) is 14.5 Å². The molecule has 84 valence electrons. The highest BCUT2D eigenvalue weighted by Crippen LogP contribution is 2.26. The molecule has 0 unspecified atom stereocenters. The Morgan fingerprint density at radius 2 is 2.12 bits per heavy atom. The summed E-state index contributed by atoms with van der Waals surface area (Å²) in [6, 6.07) is 6.09. The number of non-ortho nitro benzene ring substituents is 1. The van der Waals surface area contributed by atoms with Gasteiger partial charge in [-0.05, 0) is 6.07 Å². The molecule has 0 aliphatic heterocycles. The fourth-order valence-electron chi connectivity index (χ4n) is 1.69. The Bertz CT molecular complexity index is 537.